The number of nitrogens with two attached hydrogens (primary N) is 1. The molecule has 0 fully saturated rings. The molecule has 2 rings (SSSR count). The summed E-state index contributed by atoms with van der Waals surface area (Å²) >= 11 is 0. The van der Waals surface area contributed by atoms with Crippen LogP contribution in [0.1, 0.15) is 15.9 Å². The summed E-state index contributed by atoms with van der Waals surface area (Å²) in [7, 11) is 1.36. The second-order valence-corrected chi connectivity index (χ2v) is 4.20. The summed E-state index contributed by atoms with van der Waals surface area (Å²) in [6, 6.07) is 12.8. The first kappa shape index (κ1) is 13.0. The topological polar surface area (TPSA) is 64.3 Å². The Kier molecular flexibility index (Phi) is 3.71. The molecule has 4 heteroatoms. The Bertz CT molecular complexity index is 589. The minimum Gasteiger partial charge on any atom is -0.465 e. The summed E-state index contributed by atoms with van der Waals surface area (Å²) in [6.07, 6.45) is 0. The monoisotopic (exact) mass is 256 g/mol. The third kappa shape index (κ3) is 2.68. The van der Waals surface area contributed by atoms with Gasteiger partial charge in [0.2, 0.25) is 0 Å². The number of para-hydroxylation sites is 2. The number of nitrogens with one attached hydrogen (secondary N) is 1. The quantitative estimate of drug-likeness (QED) is 0.654. The fourth-order valence-electron chi connectivity index (χ4n) is 1.88. The van der Waals surface area contributed by atoms with Crippen molar-refractivity contribution in [3.63, 3.8) is 0 Å². The van der Waals surface area contributed by atoms with Crippen LogP contribution in [0.2, 0.25) is 0 Å². The second-order valence-electron chi connectivity index (χ2n) is 4.20. The van der Waals surface area contributed by atoms with Gasteiger partial charge in [0.25, 0.3) is 0 Å². The van der Waals surface area contributed by atoms with Crippen LogP contribution in [0.4, 0.5) is 17.1 Å². The van der Waals surface area contributed by atoms with Crippen LogP contribution in [-0.2, 0) is 4.74 Å². The van der Waals surface area contributed by atoms with Crippen molar-refractivity contribution in [1.82, 2.24) is 0 Å². The van der Waals surface area contributed by atoms with Gasteiger partial charge in [0.1, 0.15) is 0 Å². The molecule has 0 amide bonds. The highest BCUT2D eigenvalue weighted by Crippen LogP contribution is 2.28. The number of aryl methyl sites for hydroxylation is 1. The van der Waals surface area contributed by atoms with Crippen molar-refractivity contribution in [2.45, 2.75) is 6.92 Å². The average molecular weight is 256 g/mol. The van der Waals surface area contributed by atoms with Crippen molar-refractivity contribution in [2.75, 3.05) is 18.2 Å². The molecule has 0 aliphatic heterocycles. The maximum Gasteiger partial charge on any atom is 0.339 e. The van der Waals surface area contributed by atoms with E-state index in [1.807, 2.05) is 37.3 Å². The zero-order chi connectivity index (χ0) is 13.8. The van der Waals surface area contributed by atoms with Crippen molar-refractivity contribution in [3.8, 4) is 0 Å². The molecule has 0 aliphatic rings. The van der Waals surface area contributed by atoms with E-state index in [-0.39, 0.29) is 5.97 Å². The molecular weight excluding hydrogens is 240 g/mol. The van der Waals surface area contributed by atoms with E-state index in [9.17, 15) is 4.79 Å². The zero-order valence-corrected chi connectivity index (χ0v) is 10.9. The van der Waals surface area contributed by atoms with Crippen LogP contribution in [0.5, 0.6) is 0 Å². The van der Waals surface area contributed by atoms with Gasteiger partial charge in [-0.2, -0.15) is 0 Å². The molecule has 2 aromatic carbocycles. The molecule has 3 N–H and O–H groups in total. The predicted molar refractivity (Wildman–Crippen MR) is 76.7 cm³/mol. The van der Waals surface area contributed by atoms with E-state index in [1.165, 1.54) is 7.11 Å². The fraction of sp³-hybridized carbons (Fsp3) is 0.133. The highest BCUT2D eigenvalue weighted by Gasteiger charge is 2.12. The van der Waals surface area contributed by atoms with Crippen LogP contribution < -0.4 is 11.1 Å². The summed E-state index contributed by atoms with van der Waals surface area (Å²) in [4.78, 5) is 11.7. The van der Waals surface area contributed by atoms with E-state index in [0.717, 1.165) is 11.3 Å². The normalized spacial score (nSPS) is 10.0. The molecule has 19 heavy (non-hydrogen) atoms. The summed E-state index contributed by atoms with van der Waals surface area (Å²) in [6.45, 7) is 1.96. The number of carbonyl (C=O) groups is 1. The third-order valence-corrected chi connectivity index (χ3v) is 2.90. The maximum atomic E-state index is 11.7. The van der Waals surface area contributed by atoms with Crippen molar-refractivity contribution in [3.05, 3.63) is 53.6 Å². The smallest absolute Gasteiger partial charge is 0.339 e. The first-order valence-corrected chi connectivity index (χ1v) is 5.93. The van der Waals surface area contributed by atoms with E-state index >= 15 is 0 Å². The molecule has 0 saturated carbocycles. The van der Waals surface area contributed by atoms with Gasteiger partial charge in [-0.25, -0.2) is 4.79 Å². The number of anilines is 3. The van der Waals surface area contributed by atoms with Crippen molar-refractivity contribution < 1.29 is 9.53 Å². The van der Waals surface area contributed by atoms with Crippen molar-refractivity contribution in [2.24, 2.45) is 0 Å². The number of methoxy groups -OCH3 is 1. The number of nitrogen functional groups attached to an aromatic ring is 1. The second kappa shape index (κ2) is 5.44. The Morgan fingerprint density at radius 2 is 1.89 bits per heavy atom. The average Bonchev–Trinajstić information content (AvgIpc) is 2.42. The van der Waals surface area contributed by atoms with Gasteiger partial charge >= 0.3 is 5.97 Å². The highest BCUT2D eigenvalue weighted by molar-refractivity contribution is 5.97. The molecule has 2 aromatic rings. The van der Waals surface area contributed by atoms with Gasteiger partial charge in [0, 0.05) is 0 Å². The number of esters is 1. The number of carbonyl (C=O) groups excluding carboxylic acids is 1. The van der Waals surface area contributed by atoms with Gasteiger partial charge in [-0.1, -0.05) is 24.3 Å². The molecule has 0 bridgehead atoms. The van der Waals surface area contributed by atoms with Crippen LogP contribution >= 0.6 is 0 Å². The lowest BCUT2D eigenvalue weighted by Crippen LogP contribution is -2.07. The van der Waals surface area contributed by atoms with Gasteiger partial charge < -0.3 is 15.8 Å². The Morgan fingerprint density at radius 1 is 1.16 bits per heavy atom. The van der Waals surface area contributed by atoms with Gasteiger partial charge in [0.15, 0.2) is 0 Å². The summed E-state index contributed by atoms with van der Waals surface area (Å²) < 4.78 is 4.76. The van der Waals surface area contributed by atoms with E-state index in [1.54, 1.807) is 12.1 Å². The van der Waals surface area contributed by atoms with Gasteiger partial charge in [0.05, 0.1) is 29.7 Å². The Morgan fingerprint density at radius 3 is 2.58 bits per heavy atom. The standard InChI is InChI=1S/C15H16N2O2/c1-10-6-5-8-12(16)14(10)17-13-9-4-3-7-11(13)15(18)19-2/h3-9,17H,16H2,1-2H3. The number of ether oxygens (including phenoxy) is 1. The molecule has 4 nitrogen and oxygen atoms in total. The Balaban J connectivity index is 2.42. The van der Waals surface area contributed by atoms with Gasteiger partial charge in [-0.15, -0.1) is 0 Å². The van der Waals surface area contributed by atoms with E-state index in [0.29, 0.717) is 16.9 Å². The number of benzene rings is 2. The van der Waals surface area contributed by atoms with Gasteiger partial charge in [-0.05, 0) is 30.7 Å². The number of rotatable bonds is 3. The molecular formula is C15H16N2O2. The minimum absolute atomic E-state index is 0.379. The molecule has 0 heterocycles. The van der Waals surface area contributed by atoms with Crippen LogP contribution in [0.3, 0.4) is 0 Å². The Hall–Kier alpha value is -2.49. The van der Waals surface area contributed by atoms with Crippen molar-refractivity contribution in [1.29, 1.82) is 0 Å². The zero-order valence-electron chi connectivity index (χ0n) is 10.9. The van der Waals surface area contributed by atoms with Crippen LogP contribution in [0.25, 0.3) is 0 Å². The lowest BCUT2D eigenvalue weighted by molar-refractivity contribution is 0.0602. The number of hydrogen-bond acceptors (Lipinski definition) is 4. The third-order valence-electron chi connectivity index (χ3n) is 2.90. The summed E-state index contributed by atoms with van der Waals surface area (Å²) in [5, 5.41) is 3.20. The van der Waals surface area contributed by atoms with Crippen LogP contribution in [0, 0.1) is 6.92 Å². The largest absolute Gasteiger partial charge is 0.465 e. The van der Waals surface area contributed by atoms with E-state index in [4.69, 9.17) is 10.5 Å². The SMILES string of the molecule is COC(=O)c1ccccc1Nc1c(C)cccc1N. The first-order valence-electron chi connectivity index (χ1n) is 5.93. The van der Waals surface area contributed by atoms with Crippen LogP contribution in [-0.4, -0.2) is 13.1 Å². The first-order chi connectivity index (χ1) is 9.13. The molecule has 98 valence electrons. The maximum absolute atomic E-state index is 11.7. The molecule has 0 aliphatic carbocycles. The molecule has 0 saturated heterocycles. The molecule has 0 atom stereocenters. The minimum atomic E-state index is -0.379. The highest BCUT2D eigenvalue weighted by atomic mass is 16.5. The van der Waals surface area contributed by atoms with Crippen LogP contribution in [0.15, 0.2) is 42.5 Å². The Labute approximate surface area is 112 Å². The summed E-state index contributed by atoms with van der Waals surface area (Å²) in [5.74, 6) is -0.379. The van der Waals surface area contributed by atoms with E-state index in [2.05, 4.69) is 5.32 Å². The van der Waals surface area contributed by atoms with Crippen molar-refractivity contribution >= 4 is 23.0 Å². The molecule has 0 unspecified atom stereocenters. The molecule has 0 aromatic heterocycles. The lowest BCUT2D eigenvalue weighted by Gasteiger charge is -2.14. The van der Waals surface area contributed by atoms with E-state index < -0.39 is 0 Å². The predicted octanol–water partition coefficient (Wildman–Crippen LogP) is 3.11. The molecule has 0 spiro atoms. The summed E-state index contributed by atoms with van der Waals surface area (Å²) in [5.41, 5.74) is 9.56. The fourth-order valence-corrected chi connectivity index (χ4v) is 1.88. The van der Waals surface area contributed by atoms with Gasteiger partial charge in [-0.3, -0.25) is 0 Å². The molecule has 0 radical (unpaired) electrons. The number of hydrogen-bond donors (Lipinski definition) is 2. The lowest BCUT2D eigenvalue weighted by atomic mass is 10.1.